The molecule has 0 radical (unpaired) electrons. The molecule has 1 saturated heterocycles. The highest BCUT2D eigenvalue weighted by Gasteiger charge is 2.30. The molecular formula is C16H24N4O. The van der Waals surface area contributed by atoms with Gasteiger partial charge < -0.3 is 9.80 Å². The minimum Gasteiger partial charge on any atom is -0.341 e. The lowest BCUT2D eigenvalue weighted by molar-refractivity contribution is -0.137. The number of nitrogens with zero attached hydrogens (tertiary/aromatic N) is 4. The number of aromatic nitrogens is 2. The third-order valence-corrected chi connectivity index (χ3v) is 4.52. The number of aryl methyl sites for hydroxylation is 2. The van der Waals surface area contributed by atoms with Crippen LogP contribution < -0.4 is 4.90 Å². The molecule has 1 aliphatic heterocycles. The molecule has 0 bridgehead atoms. The predicted molar refractivity (Wildman–Crippen MR) is 82.3 cm³/mol. The van der Waals surface area contributed by atoms with E-state index in [1.54, 1.807) is 0 Å². The zero-order valence-electron chi connectivity index (χ0n) is 13.0. The lowest BCUT2D eigenvalue weighted by atomic mass is 9.84. The van der Waals surface area contributed by atoms with Crippen LogP contribution >= 0.6 is 0 Å². The molecule has 21 heavy (non-hydrogen) atoms. The molecule has 5 nitrogen and oxygen atoms in total. The van der Waals surface area contributed by atoms with Crippen molar-refractivity contribution in [2.24, 2.45) is 5.92 Å². The lowest BCUT2D eigenvalue weighted by Gasteiger charge is -2.31. The number of carbonyl (C=O) groups is 1. The minimum absolute atomic E-state index is 0.300. The Hall–Kier alpha value is -1.65. The van der Waals surface area contributed by atoms with Gasteiger partial charge >= 0.3 is 0 Å². The standard InChI is InChI=1S/C16H24N4O/c1-12-11-13(2)18-16(17-12)20-8-4-7-19(9-10-20)15(21)14-5-3-6-14/h11,14H,3-10H2,1-2H3. The summed E-state index contributed by atoms with van der Waals surface area (Å²) in [5, 5.41) is 0. The van der Waals surface area contributed by atoms with Crippen LogP contribution in [0.15, 0.2) is 6.07 Å². The van der Waals surface area contributed by atoms with Gasteiger partial charge in [0.1, 0.15) is 0 Å². The van der Waals surface area contributed by atoms with Crippen LogP contribution in [0.4, 0.5) is 5.95 Å². The molecule has 2 heterocycles. The van der Waals surface area contributed by atoms with E-state index in [1.807, 2.05) is 24.8 Å². The molecule has 3 rings (SSSR count). The smallest absolute Gasteiger partial charge is 0.225 e. The second kappa shape index (κ2) is 6.00. The molecule has 0 spiro atoms. The van der Waals surface area contributed by atoms with Gasteiger partial charge in [-0.2, -0.15) is 0 Å². The molecule has 5 heteroatoms. The number of anilines is 1. The van der Waals surface area contributed by atoms with Crippen LogP contribution in [0.5, 0.6) is 0 Å². The van der Waals surface area contributed by atoms with Crippen molar-refractivity contribution in [2.45, 2.75) is 39.5 Å². The summed E-state index contributed by atoms with van der Waals surface area (Å²) in [6.07, 6.45) is 4.38. The highest BCUT2D eigenvalue weighted by molar-refractivity contribution is 5.79. The van der Waals surface area contributed by atoms with E-state index in [0.717, 1.165) is 62.8 Å². The molecule has 0 N–H and O–H groups in total. The first-order valence-corrected chi connectivity index (χ1v) is 7.99. The second-order valence-electron chi connectivity index (χ2n) is 6.24. The molecule has 1 saturated carbocycles. The van der Waals surface area contributed by atoms with Gasteiger partial charge in [0.25, 0.3) is 0 Å². The Morgan fingerprint density at radius 3 is 2.38 bits per heavy atom. The molecule has 0 unspecified atom stereocenters. The van der Waals surface area contributed by atoms with Gasteiger partial charge in [-0.15, -0.1) is 0 Å². The summed E-state index contributed by atoms with van der Waals surface area (Å²) in [6.45, 7) is 7.44. The van der Waals surface area contributed by atoms with Crippen molar-refractivity contribution in [3.8, 4) is 0 Å². The van der Waals surface area contributed by atoms with Crippen LogP contribution in [0.1, 0.15) is 37.1 Å². The molecule has 1 amide bonds. The fourth-order valence-electron chi connectivity index (χ4n) is 3.10. The SMILES string of the molecule is Cc1cc(C)nc(N2CCCN(C(=O)C3CCC3)CC2)n1. The Labute approximate surface area is 126 Å². The fraction of sp³-hybridized carbons (Fsp3) is 0.688. The molecule has 1 aliphatic carbocycles. The quantitative estimate of drug-likeness (QED) is 0.834. The van der Waals surface area contributed by atoms with Gasteiger partial charge in [0, 0.05) is 43.5 Å². The summed E-state index contributed by atoms with van der Waals surface area (Å²) in [5.41, 5.74) is 2.01. The topological polar surface area (TPSA) is 49.3 Å². The van der Waals surface area contributed by atoms with E-state index in [2.05, 4.69) is 14.9 Å². The zero-order chi connectivity index (χ0) is 14.8. The summed E-state index contributed by atoms with van der Waals surface area (Å²) in [6, 6.07) is 1.99. The van der Waals surface area contributed by atoms with E-state index in [4.69, 9.17) is 0 Å². The van der Waals surface area contributed by atoms with E-state index in [1.165, 1.54) is 6.42 Å². The van der Waals surface area contributed by atoms with E-state index in [9.17, 15) is 4.79 Å². The Kier molecular flexibility index (Phi) is 4.08. The average molecular weight is 288 g/mol. The van der Waals surface area contributed by atoms with Crippen LogP contribution in [-0.4, -0.2) is 47.0 Å². The van der Waals surface area contributed by atoms with Crippen molar-refractivity contribution in [3.05, 3.63) is 17.5 Å². The van der Waals surface area contributed by atoms with Crippen molar-refractivity contribution in [2.75, 3.05) is 31.1 Å². The first kappa shape index (κ1) is 14.3. The first-order chi connectivity index (χ1) is 10.1. The van der Waals surface area contributed by atoms with Crippen molar-refractivity contribution >= 4 is 11.9 Å². The molecule has 0 atom stereocenters. The largest absolute Gasteiger partial charge is 0.341 e. The third-order valence-electron chi connectivity index (χ3n) is 4.52. The summed E-state index contributed by atoms with van der Waals surface area (Å²) in [5.74, 6) is 1.48. The van der Waals surface area contributed by atoms with Gasteiger partial charge in [-0.25, -0.2) is 9.97 Å². The Morgan fingerprint density at radius 1 is 1.05 bits per heavy atom. The van der Waals surface area contributed by atoms with Gasteiger partial charge in [-0.1, -0.05) is 6.42 Å². The molecule has 2 aliphatic rings. The van der Waals surface area contributed by atoms with E-state index in [-0.39, 0.29) is 0 Å². The molecule has 1 aromatic heterocycles. The number of amides is 1. The molecule has 1 aromatic rings. The average Bonchev–Trinajstić information content (AvgIpc) is 2.61. The van der Waals surface area contributed by atoms with Crippen LogP contribution in [0.2, 0.25) is 0 Å². The Morgan fingerprint density at radius 2 is 1.76 bits per heavy atom. The normalized spacial score (nSPS) is 20.1. The molecular weight excluding hydrogens is 264 g/mol. The summed E-state index contributed by atoms with van der Waals surface area (Å²) >= 11 is 0. The maximum Gasteiger partial charge on any atom is 0.225 e. The number of rotatable bonds is 2. The van der Waals surface area contributed by atoms with E-state index < -0.39 is 0 Å². The van der Waals surface area contributed by atoms with Crippen molar-refractivity contribution in [1.82, 2.24) is 14.9 Å². The Balaban J connectivity index is 1.66. The number of hydrogen-bond donors (Lipinski definition) is 0. The van der Waals surface area contributed by atoms with Gasteiger partial charge in [-0.3, -0.25) is 4.79 Å². The van der Waals surface area contributed by atoms with Gasteiger partial charge in [0.2, 0.25) is 11.9 Å². The van der Waals surface area contributed by atoms with Crippen LogP contribution in [0.25, 0.3) is 0 Å². The predicted octanol–water partition coefficient (Wildman–Crippen LogP) is 1.93. The summed E-state index contributed by atoms with van der Waals surface area (Å²) in [7, 11) is 0. The minimum atomic E-state index is 0.300. The fourth-order valence-corrected chi connectivity index (χ4v) is 3.10. The molecule has 114 valence electrons. The van der Waals surface area contributed by atoms with Crippen molar-refractivity contribution < 1.29 is 4.79 Å². The van der Waals surface area contributed by atoms with Crippen molar-refractivity contribution in [1.29, 1.82) is 0 Å². The Bertz CT molecular complexity index is 507. The molecule has 0 aromatic carbocycles. The highest BCUT2D eigenvalue weighted by atomic mass is 16.2. The maximum atomic E-state index is 12.4. The molecule has 2 fully saturated rings. The van der Waals surface area contributed by atoms with Crippen molar-refractivity contribution in [3.63, 3.8) is 0 Å². The lowest BCUT2D eigenvalue weighted by Crippen LogP contribution is -2.41. The summed E-state index contributed by atoms with van der Waals surface area (Å²) in [4.78, 5) is 25.7. The summed E-state index contributed by atoms with van der Waals surface area (Å²) < 4.78 is 0. The van der Waals surface area contributed by atoms with Gasteiger partial charge in [0.05, 0.1) is 0 Å². The van der Waals surface area contributed by atoms with Gasteiger partial charge in [0.15, 0.2) is 0 Å². The third kappa shape index (κ3) is 3.17. The first-order valence-electron chi connectivity index (χ1n) is 7.99. The number of carbonyl (C=O) groups excluding carboxylic acids is 1. The maximum absolute atomic E-state index is 12.4. The van der Waals surface area contributed by atoms with E-state index >= 15 is 0 Å². The van der Waals surface area contributed by atoms with Gasteiger partial charge in [-0.05, 0) is 39.2 Å². The van der Waals surface area contributed by atoms with Crippen LogP contribution in [0.3, 0.4) is 0 Å². The second-order valence-corrected chi connectivity index (χ2v) is 6.24. The zero-order valence-corrected chi connectivity index (χ0v) is 13.0. The number of hydrogen-bond acceptors (Lipinski definition) is 4. The van der Waals surface area contributed by atoms with E-state index in [0.29, 0.717) is 11.8 Å². The van der Waals surface area contributed by atoms with Crippen LogP contribution in [0, 0.1) is 19.8 Å². The van der Waals surface area contributed by atoms with Crippen LogP contribution in [-0.2, 0) is 4.79 Å². The monoisotopic (exact) mass is 288 g/mol. The highest BCUT2D eigenvalue weighted by Crippen LogP contribution is 2.28.